The zero-order chi connectivity index (χ0) is 19.9. The number of unbranched alkanes of at least 4 members (excludes halogenated alkanes) is 3. The van der Waals surface area contributed by atoms with Gasteiger partial charge in [-0.1, -0.05) is 42.5 Å². The van der Waals surface area contributed by atoms with Gasteiger partial charge in [-0.25, -0.2) is 14.3 Å². The molecule has 4 rings (SSSR count). The highest BCUT2D eigenvalue weighted by atomic mass is 16.5. The molecule has 0 aliphatic rings. The number of para-hydroxylation sites is 2. The Morgan fingerprint density at radius 3 is 2.07 bits per heavy atom. The number of hydrogen-bond donors (Lipinski definition) is 0. The fraction of sp³-hybridized carbons (Fsp3) is 0.240. The smallest absolute Gasteiger partial charge is 0.339 e. The Kier molecular flexibility index (Phi) is 6.10. The van der Waals surface area contributed by atoms with Crippen LogP contribution in [0.3, 0.4) is 0 Å². The van der Waals surface area contributed by atoms with E-state index in [1.54, 1.807) is 0 Å². The van der Waals surface area contributed by atoms with Crippen molar-refractivity contribution >= 4 is 27.8 Å². The van der Waals surface area contributed by atoms with Crippen molar-refractivity contribution in [2.24, 2.45) is 0 Å². The second kappa shape index (κ2) is 9.28. The number of fused-ring (bicyclic) bond motifs is 2. The number of aryl methyl sites for hydroxylation is 1. The molecule has 2 aromatic carbocycles. The van der Waals surface area contributed by atoms with Gasteiger partial charge in [-0.15, -0.1) is 0 Å². The summed E-state index contributed by atoms with van der Waals surface area (Å²) in [7, 11) is 0. The van der Waals surface area contributed by atoms with E-state index < -0.39 is 0 Å². The predicted octanol–water partition coefficient (Wildman–Crippen LogP) is 5.09. The zero-order valence-corrected chi connectivity index (χ0v) is 16.5. The molecule has 4 aromatic rings. The van der Waals surface area contributed by atoms with E-state index in [0.29, 0.717) is 12.2 Å². The molecule has 29 heavy (non-hydrogen) atoms. The molecule has 2 heterocycles. The van der Waals surface area contributed by atoms with E-state index in [0.717, 1.165) is 54.0 Å². The number of aromatic nitrogens is 2. The summed E-state index contributed by atoms with van der Waals surface area (Å²) in [4.78, 5) is 17.6. The van der Waals surface area contributed by atoms with Crippen molar-refractivity contribution in [2.45, 2.75) is 32.2 Å². The maximum Gasteiger partial charge on any atom is 0.339 e. The van der Waals surface area contributed by atoms with Gasteiger partial charge in [0.05, 0.1) is 23.2 Å². The molecule has 0 bridgehead atoms. The summed E-state index contributed by atoms with van der Waals surface area (Å²) in [6.45, 7) is 1.47. The molecule has 4 nitrogen and oxygen atoms in total. The van der Waals surface area contributed by atoms with Gasteiger partial charge in [-0.2, -0.15) is 0 Å². The van der Waals surface area contributed by atoms with Crippen molar-refractivity contribution in [3.05, 3.63) is 84.7 Å². The topological polar surface area (TPSA) is 43.1 Å². The maximum atomic E-state index is 12.9. The number of carbonyl (C=O) groups is 1. The van der Waals surface area contributed by atoms with Gasteiger partial charge in [0.15, 0.2) is 12.4 Å². The minimum atomic E-state index is -0.264. The average Bonchev–Trinajstić information content (AvgIpc) is 2.77. The monoisotopic (exact) mass is 385 g/mol. The summed E-state index contributed by atoms with van der Waals surface area (Å²) in [5.74, 6) is -0.264. The molecule has 0 radical (unpaired) electrons. The number of carbonyl (C=O) groups excluding carboxylic acids is 1. The fourth-order valence-electron chi connectivity index (χ4n) is 3.63. The molecule has 2 aromatic heterocycles. The highest BCUT2D eigenvalue weighted by Crippen LogP contribution is 2.26. The minimum Gasteiger partial charge on any atom is -0.462 e. The molecule has 0 atom stereocenters. The Morgan fingerprint density at radius 1 is 0.759 bits per heavy atom. The van der Waals surface area contributed by atoms with Crippen molar-refractivity contribution in [3.63, 3.8) is 0 Å². The van der Waals surface area contributed by atoms with Crippen LogP contribution in [-0.4, -0.2) is 17.6 Å². The molecular weight excluding hydrogens is 360 g/mol. The normalized spacial score (nSPS) is 11.0. The molecule has 0 saturated carbocycles. The molecular formula is C25H25N2O2+. The molecule has 0 aliphatic carbocycles. The molecule has 0 unspecified atom stereocenters. The fourth-order valence-corrected chi connectivity index (χ4v) is 3.63. The number of esters is 1. The molecule has 0 saturated heterocycles. The van der Waals surface area contributed by atoms with Crippen LogP contribution in [0.15, 0.2) is 79.1 Å². The van der Waals surface area contributed by atoms with E-state index in [1.807, 2.05) is 66.7 Å². The Balaban J connectivity index is 1.34. The summed E-state index contributed by atoms with van der Waals surface area (Å²) in [5.41, 5.74) is 2.25. The van der Waals surface area contributed by atoms with Crippen LogP contribution in [0.2, 0.25) is 0 Å². The molecule has 0 N–H and O–H groups in total. The molecule has 0 aliphatic heterocycles. The lowest BCUT2D eigenvalue weighted by Gasteiger charge is -2.10. The van der Waals surface area contributed by atoms with Crippen LogP contribution in [0.4, 0.5) is 0 Å². The van der Waals surface area contributed by atoms with Gasteiger partial charge in [0.2, 0.25) is 0 Å². The van der Waals surface area contributed by atoms with E-state index >= 15 is 0 Å². The molecule has 0 amide bonds. The first-order valence-electron chi connectivity index (χ1n) is 10.2. The average molecular weight is 385 g/mol. The van der Waals surface area contributed by atoms with Crippen molar-refractivity contribution in [3.8, 4) is 0 Å². The molecule has 0 fully saturated rings. The van der Waals surface area contributed by atoms with E-state index in [-0.39, 0.29) is 5.97 Å². The molecule has 0 spiro atoms. The predicted molar refractivity (Wildman–Crippen MR) is 115 cm³/mol. The number of nitrogens with zero attached hydrogens (tertiary/aromatic N) is 2. The first-order valence-corrected chi connectivity index (χ1v) is 10.2. The minimum absolute atomic E-state index is 0.264. The van der Waals surface area contributed by atoms with Gasteiger partial charge in [0.1, 0.15) is 6.54 Å². The standard InChI is InChI=1S/C25H25N2O2/c28-25(29-19-11-2-1-8-16-27-17-9-3-10-18-27)24-20-12-4-6-14-22(20)26-23-15-7-5-13-21(23)24/h3-7,9-10,12-15,17-18H,1-2,8,11,16,19H2/q+1. The highest BCUT2D eigenvalue weighted by molar-refractivity contribution is 6.14. The summed E-state index contributed by atoms with van der Waals surface area (Å²) < 4.78 is 7.83. The van der Waals surface area contributed by atoms with Crippen molar-refractivity contribution in [1.82, 2.24) is 4.98 Å². The first-order chi connectivity index (χ1) is 14.3. The van der Waals surface area contributed by atoms with E-state index in [4.69, 9.17) is 4.74 Å². The summed E-state index contributed by atoms with van der Waals surface area (Å²) in [5, 5.41) is 1.69. The van der Waals surface area contributed by atoms with Gasteiger partial charge < -0.3 is 4.74 Å². The second-order valence-electron chi connectivity index (χ2n) is 7.18. The number of hydrogen-bond acceptors (Lipinski definition) is 3. The lowest BCUT2D eigenvalue weighted by Crippen LogP contribution is -2.32. The Hall–Kier alpha value is -3.27. The van der Waals surface area contributed by atoms with Crippen molar-refractivity contribution < 1.29 is 14.1 Å². The third kappa shape index (κ3) is 4.60. The van der Waals surface area contributed by atoms with E-state index in [9.17, 15) is 4.79 Å². The van der Waals surface area contributed by atoms with Crippen LogP contribution in [0.5, 0.6) is 0 Å². The number of rotatable bonds is 8. The largest absolute Gasteiger partial charge is 0.462 e. The Bertz CT molecular complexity index is 1060. The van der Waals surface area contributed by atoms with Crippen LogP contribution in [0.1, 0.15) is 36.0 Å². The van der Waals surface area contributed by atoms with Crippen molar-refractivity contribution in [2.75, 3.05) is 6.61 Å². The first kappa shape index (κ1) is 19.1. The summed E-state index contributed by atoms with van der Waals surface area (Å²) in [6.07, 6.45) is 8.36. The van der Waals surface area contributed by atoms with Crippen LogP contribution < -0.4 is 4.57 Å². The summed E-state index contributed by atoms with van der Waals surface area (Å²) >= 11 is 0. The highest BCUT2D eigenvalue weighted by Gasteiger charge is 2.16. The van der Waals surface area contributed by atoms with Gasteiger partial charge in [0, 0.05) is 29.3 Å². The quantitative estimate of drug-likeness (QED) is 0.184. The second-order valence-corrected chi connectivity index (χ2v) is 7.18. The van der Waals surface area contributed by atoms with Crippen LogP contribution in [0.25, 0.3) is 21.8 Å². The molecule has 146 valence electrons. The van der Waals surface area contributed by atoms with Crippen molar-refractivity contribution in [1.29, 1.82) is 0 Å². The van der Waals surface area contributed by atoms with Crippen LogP contribution >= 0.6 is 0 Å². The van der Waals surface area contributed by atoms with Crippen LogP contribution in [-0.2, 0) is 11.3 Å². The lowest BCUT2D eigenvalue weighted by atomic mass is 10.0. The third-order valence-corrected chi connectivity index (χ3v) is 5.11. The van der Waals surface area contributed by atoms with Crippen LogP contribution in [0, 0.1) is 0 Å². The lowest BCUT2D eigenvalue weighted by molar-refractivity contribution is -0.697. The summed E-state index contributed by atoms with van der Waals surface area (Å²) in [6, 6.07) is 21.6. The van der Waals surface area contributed by atoms with Gasteiger partial charge >= 0.3 is 5.97 Å². The number of pyridine rings is 2. The van der Waals surface area contributed by atoms with Gasteiger partial charge in [-0.3, -0.25) is 0 Å². The van der Waals surface area contributed by atoms with E-state index in [1.165, 1.54) is 0 Å². The maximum absolute atomic E-state index is 12.9. The van der Waals surface area contributed by atoms with Gasteiger partial charge in [-0.05, 0) is 31.4 Å². The Morgan fingerprint density at radius 2 is 1.38 bits per heavy atom. The Labute approximate surface area is 170 Å². The zero-order valence-electron chi connectivity index (χ0n) is 16.5. The SMILES string of the molecule is O=C(OCCCCCC[n+]1ccccc1)c1c2ccccc2nc2ccccc12. The van der Waals surface area contributed by atoms with Gasteiger partial charge in [0.25, 0.3) is 0 Å². The number of benzene rings is 2. The van der Waals surface area contributed by atoms with E-state index in [2.05, 4.69) is 21.9 Å². The molecule has 4 heteroatoms. The third-order valence-electron chi connectivity index (χ3n) is 5.11. The number of ether oxygens (including phenoxy) is 1.